The molecule has 0 unspecified atom stereocenters. The van der Waals surface area contributed by atoms with Crippen LogP contribution in [0.5, 0.6) is 0 Å². The highest BCUT2D eigenvalue weighted by Gasteiger charge is 2.24. The highest BCUT2D eigenvalue weighted by atomic mass is 16.3. The first-order chi connectivity index (χ1) is 11.7. The number of aryl methyl sites for hydroxylation is 1. The minimum atomic E-state index is -0.0212. The van der Waals surface area contributed by atoms with Crippen LogP contribution >= 0.6 is 0 Å². The summed E-state index contributed by atoms with van der Waals surface area (Å²) in [5.41, 5.74) is 4.25. The number of furan rings is 1. The molecule has 0 fully saturated rings. The molecule has 0 bridgehead atoms. The lowest BCUT2D eigenvalue weighted by Gasteiger charge is -2.26. The number of rotatable bonds is 2. The quantitative estimate of drug-likeness (QED) is 0.688. The maximum Gasteiger partial charge on any atom is 0.290 e. The minimum Gasteiger partial charge on any atom is -0.451 e. The predicted octanol–water partition coefficient (Wildman–Crippen LogP) is 4.67. The molecule has 3 heteroatoms. The van der Waals surface area contributed by atoms with Gasteiger partial charge in [-0.05, 0) is 30.5 Å². The van der Waals surface area contributed by atoms with Crippen LogP contribution < -0.4 is 0 Å². The van der Waals surface area contributed by atoms with Crippen molar-refractivity contribution in [2.75, 3.05) is 13.1 Å². The highest BCUT2D eigenvalue weighted by molar-refractivity contribution is 5.99. The molecule has 0 saturated carbocycles. The van der Waals surface area contributed by atoms with Gasteiger partial charge in [-0.1, -0.05) is 54.6 Å². The van der Waals surface area contributed by atoms with Crippen molar-refractivity contribution in [3.05, 3.63) is 77.6 Å². The number of carbonyl (C=O) groups is 1. The molecule has 0 aliphatic carbocycles. The van der Waals surface area contributed by atoms with Crippen molar-refractivity contribution in [1.82, 2.24) is 4.90 Å². The summed E-state index contributed by atoms with van der Waals surface area (Å²) in [5, 5.41) is 1.01. The van der Waals surface area contributed by atoms with Gasteiger partial charge in [-0.15, -0.1) is 0 Å². The molecule has 1 aliphatic rings. The van der Waals surface area contributed by atoms with E-state index in [1.54, 1.807) is 0 Å². The Balaban J connectivity index is 1.58. The van der Waals surface area contributed by atoms with Gasteiger partial charge < -0.3 is 9.32 Å². The molecule has 0 N–H and O–H groups in total. The first-order valence-electron chi connectivity index (χ1n) is 8.26. The molecule has 0 spiro atoms. The third-order valence-corrected chi connectivity index (χ3v) is 4.68. The summed E-state index contributed by atoms with van der Waals surface area (Å²) >= 11 is 0. The second-order valence-corrected chi connectivity index (χ2v) is 6.15. The number of carbonyl (C=O) groups excluding carboxylic acids is 1. The first-order valence-corrected chi connectivity index (χ1v) is 8.26. The van der Waals surface area contributed by atoms with Gasteiger partial charge in [0.2, 0.25) is 0 Å². The predicted molar refractivity (Wildman–Crippen MR) is 95.9 cm³/mol. The van der Waals surface area contributed by atoms with E-state index in [1.165, 1.54) is 11.1 Å². The molecule has 1 aliphatic heterocycles. The molecule has 3 nitrogen and oxygen atoms in total. The van der Waals surface area contributed by atoms with Gasteiger partial charge in [0.25, 0.3) is 5.91 Å². The summed E-state index contributed by atoms with van der Waals surface area (Å²) in [4.78, 5) is 14.7. The Labute approximate surface area is 141 Å². The summed E-state index contributed by atoms with van der Waals surface area (Å²) in [7, 11) is 0. The van der Waals surface area contributed by atoms with Gasteiger partial charge >= 0.3 is 0 Å². The second-order valence-electron chi connectivity index (χ2n) is 6.15. The molecule has 24 heavy (non-hydrogen) atoms. The Hall–Kier alpha value is -2.81. The van der Waals surface area contributed by atoms with Gasteiger partial charge in [0.15, 0.2) is 5.76 Å². The Morgan fingerprint density at radius 3 is 2.50 bits per heavy atom. The van der Waals surface area contributed by atoms with Crippen molar-refractivity contribution in [2.45, 2.75) is 13.3 Å². The minimum absolute atomic E-state index is 0.0212. The van der Waals surface area contributed by atoms with Gasteiger partial charge in [0.1, 0.15) is 5.58 Å². The van der Waals surface area contributed by atoms with Crippen molar-refractivity contribution < 1.29 is 9.21 Å². The van der Waals surface area contributed by atoms with Crippen LogP contribution in [-0.4, -0.2) is 23.9 Å². The molecular formula is C21H19NO2. The average molecular weight is 317 g/mol. The van der Waals surface area contributed by atoms with Crippen LogP contribution in [0, 0.1) is 6.92 Å². The van der Waals surface area contributed by atoms with E-state index in [4.69, 9.17) is 4.42 Å². The van der Waals surface area contributed by atoms with E-state index in [1.807, 2.05) is 54.3 Å². The Bertz CT molecular complexity index is 921. The average Bonchev–Trinajstić information content (AvgIpc) is 2.99. The third kappa shape index (κ3) is 2.52. The van der Waals surface area contributed by atoms with E-state index in [0.717, 1.165) is 29.5 Å². The van der Waals surface area contributed by atoms with Gasteiger partial charge in [-0.2, -0.15) is 0 Å². The number of amides is 1. The fraction of sp³-hybridized carbons (Fsp3) is 0.190. The normalized spacial score (nSPS) is 14.7. The summed E-state index contributed by atoms with van der Waals surface area (Å²) < 4.78 is 5.81. The number of para-hydroxylation sites is 1. The van der Waals surface area contributed by atoms with Crippen LogP contribution in [0.4, 0.5) is 0 Å². The van der Waals surface area contributed by atoms with Crippen LogP contribution in [0.3, 0.4) is 0 Å². The lowest BCUT2D eigenvalue weighted by atomic mass is 9.99. The molecule has 2 heterocycles. The summed E-state index contributed by atoms with van der Waals surface area (Å²) in [6, 6.07) is 18.1. The van der Waals surface area contributed by atoms with E-state index < -0.39 is 0 Å². The molecule has 0 saturated heterocycles. The number of nitrogens with zero attached hydrogens (tertiary/aromatic N) is 1. The van der Waals surface area contributed by atoms with E-state index in [0.29, 0.717) is 12.3 Å². The first kappa shape index (κ1) is 14.8. The Kier molecular flexibility index (Phi) is 3.69. The summed E-state index contributed by atoms with van der Waals surface area (Å²) in [5.74, 6) is 0.444. The third-order valence-electron chi connectivity index (χ3n) is 4.68. The monoisotopic (exact) mass is 317 g/mol. The van der Waals surface area contributed by atoms with E-state index >= 15 is 0 Å². The molecule has 1 aromatic heterocycles. The fourth-order valence-electron chi connectivity index (χ4n) is 3.29. The molecule has 3 aromatic rings. The van der Waals surface area contributed by atoms with E-state index in [9.17, 15) is 4.79 Å². The number of fused-ring (bicyclic) bond motifs is 1. The number of benzene rings is 2. The van der Waals surface area contributed by atoms with Crippen molar-refractivity contribution in [3.8, 4) is 0 Å². The van der Waals surface area contributed by atoms with Crippen molar-refractivity contribution in [1.29, 1.82) is 0 Å². The molecular weight excluding hydrogens is 298 g/mol. The summed E-state index contributed by atoms with van der Waals surface area (Å²) in [6.45, 7) is 3.30. The maximum absolute atomic E-state index is 12.8. The zero-order valence-electron chi connectivity index (χ0n) is 13.7. The van der Waals surface area contributed by atoms with Gasteiger partial charge in [-0.25, -0.2) is 0 Å². The molecule has 0 atom stereocenters. The Morgan fingerprint density at radius 2 is 1.79 bits per heavy atom. The van der Waals surface area contributed by atoms with Gasteiger partial charge in [0, 0.05) is 24.0 Å². The SMILES string of the molecule is Cc1c(C(=O)N2CC=C(c3ccccc3)CC2)oc2ccccc12. The largest absolute Gasteiger partial charge is 0.451 e. The molecule has 2 aromatic carbocycles. The van der Waals surface area contributed by atoms with Crippen LogP contribution in [0.2, 0.25) is 0 Å². The van der Waals surface area contributed by atoms with Crippen molar-refractivity contribution in [2.24, 2.45) is 0 Å². The van der Waals surface area contributed by atoms with Crippen LogP contribution in [0.15, 0.2) is 65.1 Å². The van der Waals surface area contributed by atoms with Crippen LogP contribution in [0.25, 0.3) is 16.5 Å². The lowest BCUT2D eigenvalue weighted by molar-refractivity contribution is 0.0742. The van der Waals surface area contributed by atoms with E-state index in [2.05, 4.69) is 18.2 Å². The van der Waals surface area contributed by atoms with Crippen molar-refractivity contribution >= 4 is 22.4 Å². The fourth-order valence-corrected chi connectivity index (χ4v) is 3.29. The van der Waals surface area contributed by atoms with E-state index in [-0.39, 0.29) is 5.91 Å². The van der Waals surface area contributed by atoms with Crippen molar-refractivity contribution in [3.63, 3.8) is 0 Å². The molecule has 0 radical (unpaired) electrons. The zero-order valence-corrected chi connectivity index (χ0v) is 13.7. The lowest BCUT2D eigenvalue weighted by Crippen LogP contribution is -2.34. The highest BCUT2D eigenvalue weighted by Crippen LogP contribution is 2.28. The second kappa shape index (κ2) is 6.00. The topological polar surface area (TPSA) is 33.5 Å². The van der Waals surface area contributed by atoms with Crippen LogP contribution in [-0.2, 0) is 0 Å². The smallest absolute Gasteiger partial charge is 0.290 e. The molecule has 4 rings (SSSR count). The molecule has 1 amide bonds. The van der Waals surface area contributed by atoms with Crippen LogP contribution in [0.1, 0.15) is 28.1 Å². The summed E-state index contributed by atoms with van der Waals surface area (Å²) in [6.07, 6.45) is 3.02. The zero-order chi connectivity index (χ0) is 16.5. The number of hydrogen-bond acceptors (Lipinski definition) is 2. The molecule has 120 valence electrons. The van der Waals surface area contributed by atoms with Gasteiger partial charge in [-0.3, -0.25) is 4.79 Å². The Morgan fingerprint density at radius 1 is 1.04 bits per heavy atom. The van der Waals surface area contributed by atoms with Gasteiger partial charge in [0.05, 0.1) is 0 Å². The standard InChI is InChI=1S/C21H19NO2/c1-15-18-9-5-6-10-19(18)24-20(15)21(23)22-13-11-17(12-14-22)16-7-3-2-4-8-16/h2-11H,12-14H2,1H3. The number of hydrogen-bond donors (Lipinski definition) is 0. The maximum atomic E-state index is 12.8.